The van der Waals surface area contributed by atoms with Crippen LogP contribution in [0.1, 0.15) is 106 Å². The summed E-state index contributed by atoms with van der Waals surface area (Å²) in [6.45, 7) is 16.2. The number of rotatable bonds is 1. The van der Waals surface area contributed by atoms with Crippen molar-refractivity contribution in [2.45, 2.75) is 112 Å². The Morgan fingerprint density at radius 3 is 2.26 bits per heavy atom. The molecule has 0 radical (unpaired) electrons. The smallest absolute Gasteiger partial charge is 0.311 e. The fraction of sp³-hybridized carbons (Fsp3) is 0.871. The van der Waals surface area contributed by atoms with Crippen LogP contribution in [0.3, 0.4) is 0 Å². The summed E-state index contributed by atoms with van der Waals surface area (Å²) in [5, 5.41) is 10.9. The summed E-state index contributed by atoms with van der Waals surface area (Å²) in [7, 11) is 1.50. The Bertz CT molecular complexity index is 980. The van der Waals surface area contributed by atoms with Crippen LogP contribution < -0.4 is 0 Å². The molecule has 0 heterocycles. The number of esters is 1. The standard InChI is InChI=1S/C31H48O4/c1-26(2)22-9-12-31(7)24(29(22,5)11-10-23(26)33)21(32)17-19-20-18-28(4,25(34)35-8)14-13-27(20,3)15-16-30(19,31)6/h17,20,22-24,33H,9-16,18H2,1-8H3/t20-,22+,23+,24+,27-,28+,29+,30-,31-/m1/s1. The molecule has 1 N–H and O–H groups in total. The van der Waals surface area contributed by atoms with Crippen molar-refractivity contribution in [1.29, 1.82) is 0 Å². The van der Waals surface area contributed by atoms with Crippen molar-refractivity contribution in [2.24, 2.45) is 50.2 Å². The Labute approximate surface area is 212 Å². The lowest BCUT2D eigenvalue weighted by Crippen LogP contribution is -2.66. The molecule has 4 saturated carbocycles. The van der Waals surface area contributed by atoms with Gasteiger partial charge in [0.15, 0.2) is 5.78 Å². The van der Waals surface area contributed by atoms with Gasteiger partial charge in [0.25, 0.3) is 0 Å². The Morgan fingerprint density at radius 1 is 0.943 bits per heavy atom. The Balaban J connectivity index is 1.61. The van der Waals surface area contributed by atoms with E-state index in [0.717, 1.165) is 57.8 Å². The molecule has 5 aliphatic rings. The van der Waals surface area contributed by atoms with E-state index in [1.54, 1.807) is 0 Å². The Kier molecular flexibility index (Phi) is 5.43. The second kappa shape index (κ2) is 7.45. The first kappa shape index (κ1) is 25.5. The molecule has 0 saturated heterocycles. The Hall–Kier alpha value is -1.16. The average molecular weight is 485 g/mol. The first-order valence-corrected chi connectivity index (χ1v) is 14.1. The van der Waals surface area contributed by atoms with Gasteiger partial charge in [0.1, 0.15) is 0 Å². The number of fused-ring (bicyclic) bond motifs is 7. The van der Waals surface area contributed by atoms with Gasteiger partial charge in [-0.25, -0.2) is 0 Å². The number of aliphatic hydroxyl groups is 1. The van der Waals surface area contributed by atoms with Gasteiger partial charge in [-0.05, 0) is 110 Å². The van der Waals surface area contributed by atoms with Gasteiger partial charge in [-0.15, -0.1) is 0 Å². The van der Waals surface area contributed by atoms with Crippen molar-refractivity contribution in [3.63, 3.8) is 0 Å². The molecule has 0 aliphatic heterocycles. The van der Waals surface area contributed by atoms with E-state index in [4.69, 9.17) is 4.74 Å². The van der Waals surface area contributed by atoms with Crippen LogP contribution in [0.4, 0.5) is 0 Å². The molecule has 0 unspecified atom stereocenters. The minimum absolute atomic E-state index is 0.00536. The van der Waals surface area contributed by atoms with Crippen LogP contribution >= 0.6 is 0 Å². The third kappa shape index (κ3) is 3.07. The zero-order valence-corrected chi connectivity index (χ0v) is 23.4. The fourth-order valence-corrected chi connectivity index (χ4v) is 10.6. The van der Waals surface area contributed by atoms with Crippen molar-refractivity contribution < 1.29 is 19.4 Å². The number of ketones is 1. The third-order valence-electron chi connectivity index (χ3n) is 13.2. The maximum atomic E-state index is 14.3. The molecule has 0 bridgehead atoms. The van der Waals surface area contributed by atoms with E-state index in [9.17, 15) is 14.7 Å². The van der Waals surface area contributed by atoms with Gasteiger partial charge in [0.2, 0.25) is 0 Å². The molecule has 196 valence electrons. The molecule has 9 atom stereocenters. The quantitative estimate of drug-likeness (QED) is 0.431. The summed E-state index contributed by atoms with van der Waals surface area (Å²) < 4.78 is 5.25. The highest BCUT2D eigenvalue weighted by Gasteiger charge is 2.70. The lowest BCUT2D eigenvalue weighted by molar-refractivity contribution is -0.202. The molecule has 0 aromatic carbocycles. The van der Waals surface area contributed by atoms with E-state index < -0.39 is 5.41 Å². The van der Waals surface area contributed by atoms with Crippen LogP contribution in [0, 0.1) is 50.2 Å². The third-order valence-corrected chi connectivity index (χ3v) is 13.2. The number of carbonyl (C=O) groups is 2. The van der Waals surface area contributed by atoms with Gasteiger partial charge < -0.3 is 9.84 Å². The molecule has 4 fully saturated rings. The SMILES string of the molecule is COC(=O)[C@@]1(C)CC[C@]2(C)CC[C@]3(C)C(=CC(=O)[C@H]4[C@@]5(C)CC[C@H](O)C(C)(C)[C@@H]5CC[C@]43C)[C@H]2C1. The van der Waals surface area contributed by atoms with E-state index in [0.29, 0.717) is 11.7 Å². The molecule has 0 aromatic rings. The van der Waals surface area contributed by atoms with Crippen molar-refractivity contribution >= 4 is 11.8 Å². The van der Waals surface area contributed by atoms with Crippen LogP contribution in [-0.4, -0.2) is 30.1 Å². The lowest BCUT2D eigenvalue weighted by atomic mass is 9.33. The molecule has 5 aliphatic carbocycles. The summed E-state index contributed by atoms with van der Waals surface area (Å²) in [5.74, 6) is 0.805. The number of hydrogen-bond acceptors (Lipinski definition) is 4. The predicted molar refractivity (Wildman–Crippen MR) is 137 cm³/mol. The first-order valence-electron chi connectivity index (χ1n) is 14.1. The van der Waals surface area contributed by atoms with Gasteiger partial charge in [-0.3, -0.25) is 9.59 Å². The number of ether oxygens (including phenoxy) is 1. The van der Waals surface area contributed by atoms with Crippen molar-refractivity contribution in [3.8, 4) is 0 Å². The molecule has 4 heteroatoms. The monoisotopic (exact) mass is 484 g/mol. The molecule has 35 heavy (non-hydrogen) atoms. The van der Waals surface area contributed by atoms with Gasteiger partial charge in [0, 0.05) is 5.92 Å². The minimum atomic E-state index is -0.480. The molecule has 4 nitrogen and oxygen atoms in total. The van der Waals surface area contributed by atoms with Crippen LogP contribution in [-0.2, 0) is 14.3 Å². The van der Waals surface area contributed by atoms with Crippen molar-refractivity contribution in [3.05, 3.63) is 11.6 Å². The van der Waals surface area contributed by atoms with E-state index >= 15 is 0 Å². The topological polar surface area (TPSA) is 63.6 Å². The molecular formula is C31H48O4. The summed E-state index contributed by atoms with van der Waals surface area (Å²) in [6.07, 6.45) is 10.5. The zero-order valence-electron chi connectivity index (χ0n) is 23.4. The highest BCUT2D eigenvalue weighted by molar-refractivity contribution is 5.95. The normalized spacial score (nSPS) is 52.8. The first-order chi connectivity index (χ1) is 16.1. The second-order valence-corrected chi connectivity index (χ2v) is 15.1. The molecule has 5 rings (SSSR count). The summed E-state index contributed by atoms with van der Waals surface area (Å²) in [5.41, 5.74) is 0.590. The number of methoxy groups -OCH3 is 1. The minimum Gasteiger partial charge on any atom is -0.469 e. The van der Waals surface area contributed by atoms with Crippen LogP contribution in [0.2, 0.25) is 0 Å². The van der Waals surface area contributed by atoms with E-state index in [1.807, 2.05) is 0 Å². The summed E-state index contributed by atoms with van der Waals surface area (Å²) in [4.78, 5) is 27.1. The lowest BCUT2D eigenvalue weighted by Gasteiger charge is -2.70. The summed E-state index contributed by atoms with van der Waals surface area (Å²) in [6, 6.07) is 0. The predicted octanol–water partition coefficient (Wildman–Crippen LogP) is 6.50. The van der Waals surface area contributed by atoms with E-state index in [-0.39, 0.29) is 51.0 Å². The molecule has 0 spiro atoms. The maximum Gasteiger partial charge on any atom is 0.311 e. The number of hydrogen-bond donors (Lipinski definition) is 1. The molecular weight excluding hydrogens is 436 g/mol. The van der Waals surface area contributed by atoms with Crippen molar-refractivity contribution in [1.82, 2.24) is 0 Å². The van der Waals surface area contributed by atoms with Crippen LogP contribution in [0.5, 0.6) is 0 Å². The van der Waals surface area contributed by atoms with Crippen LogP contribution in [0.15, 0.2) is 11.6 Å². The number of allylic oxidation sites excluding steroid dienone is 2. The van der Waals surface area contributed by atoms with Gasteiger partial charge >= 0.3 is 5.97 Å². The van der Waals surface area contributed by atoms with E-state index in [1.165, 1.54) is 12.7 Å². The van der Waals surface area contributed by atoms with Gasteiger partial charge in [0.05, 0.1) is 18.6 Å². The van der Waals surface area contributed by atoms with Gasteiger partial charge in [-0.2, -0.15) is 0 Å². The highest BCUT2D eigenvalue weighted by atomic mass is 16.5. The zero-order chi connectivity index (χ0) is 25.8. The maximum absolute atomic E-state index is 14.3. The van der Waals surface area contributed by atoms with Gasteiger partial charge in [-0.1, -0.05) is 47.1 Å². The molecule has 0 amide bonds. The highest BCUT2D eigenvalue weighted by Crippen LogP contribution is 2.75. The fourth-order valence-electron chi connectivity index (χ4n) is 10.6. The number of carbonyl (C=O) groups excluding carboxylic acids is 2. The number of aliphatic hydroxyl groups excluding tert-OH is 1. The molecule has 0 aromatic heterocycles. The average Bonchev–Trinajstić information content (AvgIpc) is 2.78. The second-order valence-electron chi connectivity index (χ2n) is 15.1. The van der Waals surface area contributed by atoms with Crippen molar-refractivity contribution in [2.75, 3.05) is 7.11 Å². The Morgan fingerprint density at radius 2 is 1.60 bits per heavy atom. The van der Waals surface area contributed by atoms with E-state index in [2.05, 4.69) is 54.5 Å². The summed E-state index contributed by atoms with van der Waals surface area (Å²) >= 11 is 0. The largest absolute Gasteiger partial charge is 0.469 e. The van der Waals surface area contributed by atoms with Crippen LogP contribution in [0.25, 0.3) is 0 Å².